The third-order valence-electron chi connectivity index (χ3n) is 3.43. The Hall–Kier alpha value is -2.35. The van der Waals surface area contributed by atoms with Crippen LogP contribution in [-0.4, -0.2) is 46.3 Å². The van der Waals surface area contributed by atoms with E-state index in [9.17, 15) is 4.79 Å². The number of carbonyl (C=O) groups is 1. The number of hydrogen-bond acceptors (Lipinski definition) is 5. The largest absolute Gasteiger partial charge is 0.468 e. The fourth-order valence-electron chi connectivity index (χ4n) is 2.20. The zero-order chi connectivity index (χ0) is 16.1. The molecule has 2 rings (SSSR count). The Morgan fingerprint density at radius 3 is 2.82 bits per heavy atom. The quantitative estimate of drug-likeness (QED) is 0.833. The number of nitrogens with zero attached hydrogens (tertiary/aromatic N) is 4. The van der Waals surface area contributed by atoms with Crippen LogP contribution in [0, 0.1) is 0 Å². The summed E-state index contributed by atoms with van der Waals surface area (Å²) < 4.78 is 7.18. The average molecular weight is 306 g/mol. The average Bonchev–Trinajstić information content (AvgIpc) is 3.10. The summed E-state index contributed by atoms with van der Waals surface area (Å²) in [6.45, 7) is 2.30. The lowest BCUT2D eigenvalue weighted by Gasteiger charge is -2.23. The molecule has 0 unspecified atom stereocenters. The highest BCUT2D eigenvalue weighted by atomic mass is 16.3. The van der Waals surface area contributed by atoms with Gasteiger partial charge in [0.1, 0.15) is 12.1 Å². The summed E-state index contributed by atoms with van der Waals surface area (Å²) in [6.07, 6.45) is 3.23. The van der Waals surface area contributed by atoms with Crippen LogP contribution in [0.2, 0.25) is 0 Å². The smallest absolute Gasteiger partial charge is 0.315 e. The van der Waals surface area contributed by atoms with Gasteiger partial charge in [-0.25, -0.2) is 4.79 Å². The Bertz CT molecular complexity index is 592. The molecule has 0 radical (unpaired) electrons. The molecule has 0 aliphatic rings. The number of carbonyl (C=O) groups excluding carboxylic acids is 1. The predicted octanol–water partition coefficient (Wildman–Crippen LogP) is 1.07. The van der Waals surface area contributed by atoms with Gasteiger partial charge in [-0.05, 0) is 33.2 Å². The molecular formula is C14H22N6O2. The lowest BCUT2D eigenvalue weighted by Crippen LogP contribution is -2.41. The topological polar surface area (TPSA) is 88.2 Å². The molecule has 8 nitrogen and oxygen atoms in total. The van der Waals surface area contributed by atoms with Crippen LogP contribution in [0.15, 0.2) is 29.1 Å². The second-order valence-corrected chi connectivity index (χ2v) is 5.37. The normalized spacial score (nSPS) is 13.9. The molecule has 2 aromatic rings. The Morgan fingerprint density at radius 1 is 1.50 bits per heavy atom. The molecule has 22 heavy (non-hydrogen) atoms. The minimum absolute atomic E-state index is 0.0223. The van der Waals surface area contributed by atoms with Crippen molar-refractivity contribution in [3.63, 3.8) is 0 Å². The van der Waals surface area contributed by atoms with E-state index in [4.69, 9.17) is 4.42 Å². The van der Waals surface area contributed by atoms with Crippen molar-refractivity contribution in [2.24, 2.45) is 7.05 Å². The molecule has 120 valence electrons. The first-order chi connectivity index (χ1) is 10.5. The van der Waals surface area contributed by atoms with Crippen molar-refractivity contribution in [1.82, 2.24) is 30.3 Å². The summed E-state index contributed by atoms with van der Waals surface area (Å²) in [4.78, 5) is 14.0. The number of urea groups is 1. The SMILES string of the molecule is C[C@@H](NC(=O)NC[C@H](c1ccco1)N(C)C)c1nncn1C. The van der Waals surface area contributed by atoms with E-state index in [2.05, 4.69) is 20.8 Å². The van der Waals surface area contributed by atoms with Gasteiger partial charge in [-0.3, -0.25) is 4.90 Å². The van der Waals surface area contributed by atoms with Gasteiger partial charge >= 0.3 is 6.03 Å². The number of rotatable bonds is 6. The molecule has 0 saturated carbocycles. The molecule has 0 aromatic carbocycles. The number of furan rings is 1. The fourth-order valence-corrected chi connectivity index (χ4v) is 2.20. The lowest BCUT2D eigenvalue weighted by molar-refractivity contribution is 0.222. The monoisotopic (exact) mass is 306 g/mol. The number of hydrogen-bond donors (Lipinski definition) is 2. The Labute approximate surface area is 129 Å². The molecule has 0 bridgehead atoms. The van der Waals surface area contributed by atoms with Crippen LogP contribution in [0.4, 0.5) is 4.79 Å². The van der Waals surface area contributed by atoms with Crippen LogP contribution in [0.5, 0.6) is 0 Å². The summed E-state index contributed by atoms with van der Waals surface area (Å²) in [5.74, 6) is 1.51. The van der Waals surface area contributed by atoms with E-state index in [0.29, 0.717) is 12.4 Å². The zero-order valence-corrected chi connectivity index (χ0v) is 13.3. The van der Waals surface area contributed by atoms with Crippen molar-refractivity contribution in [2.75, 3.05) is 20.6 Å². The summed E-state index contributed by atoms with van der Waals surface area (Å²) in [7, 11) is 5.72. The van der Waals surface area contributed by atoms with Gasteiger partial charge in [-0.15, -0.1) is 10.2 Å². The first kappa shape index (κ1) is 16.0. The molecule has 2 aromatic heterocycles. The number of amides is 2. The Morgan fingerprint density at radius 2 is 2.27 bits per heavy atom. The van der Waals surface area contributed by atoms with Crippen molar-refractivity contribution in [1.29, 1.82) is 0 Å². The van der Waals surface area contributed by atoms with Gasteiger partial charge in [0.15, 0.2) is 5.82 Å². The molecule has 2 heterocycles. The van der Waals surface area contributed by atoms with Crippen molar-refractivity contribution in [2.45, 2.75) is 19.0 Å². The van der Waals surface area contributed by atoms with Crippen molar-refractivity contribution < 1.29 is 9.21 Å². The molecule has 0 aliphatic heterocycles. The van der Waals surface area contributed by atoms with Crippen LogP contribution >= 0.6 is 0 Å². The van der Waals surface area contributed by atoms with Crippen LogP contribution < -0.4 is 10.6 Å². The van der Waals surface area contributed by atoms with E-state index in [1.54, 1.807) is 17.2 Å². The molecule has 0 saturated heterocycles. The van der Waals surface area contributed by atoms with Gasteiger partial charge in [-0.2, -0.15) is 0 Å². The minimum Gasteiger partial charge on any atom is -0.468 e. The van der Waals surface area contributed by atoms with Crippen LogP contribution in [0.1, 0.15) is 30.6 Å². The maximum absolute atomic E-state index is 12.0. The summed E-state index contributed by atoms with van der Waals surface area (Å²) in [5, 5.41) is 13.5. The predicted molar refractivity (Wildman–Crippen MR) is 81.1 cm³/mol. The van der Waals surface area contributed by atoms with Gasteiger partial charge in [0, 0.05) is 13.6 Å². The van der Waals surface area contributed by atoms with Gasteiger partial charge in [0.05, 0.1) is 18.3 Å². The van der Waals surface area contributed by atoms with Crippen LogP contribution in [0.25, 0.3) is 0 Å². The van der Waals surface area contributed by atoms with E-state index in [1.165, 1.54) is 0 Å². The molecule has 0 fully saturated rings. The van der Waals surface area contributed by atoms with Gasteiger partial charge < -0.3 is 19.6 Å². The fraction of sp³-hybridized carbons (Fsp3) is 0.500. The molecule has 8 heteroatoms. The number of nitrogens with one attached hydrogen (secondary N) is 2. The van der Waals surface area contributed by atoms with Crippen LogP contribution in [-0.2, 0) is 7.05 Å². The third kappa shape index (κ3) is 3.85. The van der Waals surface area contributed by atoms with Crippen LogP contribution in [0.3, 0.4) is 0 Å². The highest BCUT2D eigenvalue weighted by Crippen LogP contribution is 2.17. The minimum atomic E-state index is -0.256. The summed E-state index contributed by atoms with van der Waals surface area (Å²) >= 11 is 0. The third-order valence-corrected chi connectivity index (χ3v) is 3.43. The molecule has 2 amide bonds. The first-order valence-electron chi connectivity index (χ1n) is 7.07. The van der Waals surface area contributed by atoms with E-state index in [-0.39, 0.29) is 18.1 Å². The summed E-state index contributed by atoms with van der Waals surface area (Å²) in [6, 6.07) is 3.22. The number of aromatic nitrogens is 3. The number of likely N-dealkylation sites (N-methyl/N-ethyl adjacent to an activating group) is 1. The van der Waals surface area contributed by atoms with Gasteiger partial charge in [0.2, 0.25) is 0 Å². The van der Waals surface area contributed by atoms with Crippen molar-refractivity contribution >= 4 is 6.03 Å². The Kier molecular flexibility index (Phi) is 5.16. The molecule has 2 atom stereocenters. The molecule has 0 spiro atoms. The second kappa shape index (κ2) is 7.08. The van der Waals surface area contributed by atoms with Gasteiger partial charge in [0.25, 0.3) is 0 Å². The Balaban J connectivity index is 1.88. The van der Waals surface area contributed by atoms with E-state index in [1.807, 2.05) is 45.1 Å². The lowest BCUT2D eigenvalue weighted by atomic mass is 10.2. The molecule has 0 aliphatic carbocycles. The molecular weight excluding hydrogens is 284 g/mol. The first-order valence-corrected chi connectivity index (χ1v) is 7.07. The standard InChI is InChI=1S/C14H22N6O2/c1-10(13-18-16-9-20(13)4)17-14(21)15-8-11(19(2)3)12-6-5-7-22-12/h5-7,9-11H,8H2,1-4H3,(H2,15,17,21)/t10-,11-/m1/s1. The zero-order valence-electron chi connectivity index (χ0n) is 13.3. The number of aryl methyl sites for hydroxylation is 1. The maximum atomic E-state index is 12.0. The molecule has 2 N–H and O–H groups in total. The highest BCUT2D eigenvalue weighted by molar-refractivity contribution is 5.74. The van der Waals surface area contributed by atoms with Gasteiger partial charge in [-0.1, -0.05) is 0 Å². The maximum Gasteiger partial charge on any atom is 0.315 e. The highest BCUT2D eigenvalue weighted by Gasteiger charge is 2.19. The second-order valence-electron chi connectivity index (χ2n) is 5.37. The summed E-state index contributed by atoms with van der Waals surface area (Å²) in [5.41, 5.74) is 0. The van der Waals surface area contributed by atoms with Crippen molar-refractivity contribution in [3.8, 4) is 0 Å². The van der Waals surface area contributed by atoms with E-state index in [0.717, 1.165) is 5.76 Å². The van der Waals surface area contributed by atoms with Crippen molar-refractivity contribution in [3.05, 3.63) is 36.3 Å². The van der Waals surface area contributed by atoms with E-state index < -0.39 is 0 Å². The van der Waals surface area contributed by atoms with E-state index >= 15 is 0 Å².